The van der Waals surface area contributed by atoms with Crippen molar-refractivity contribution in [1.82, 2.24) is 15.1 Å². The van der Waals surface area contributed by atoms with E-state index in [0.717, 1.165) is 24.0 Å². The summed E-state index contributed by atoms with van der Waals surface area (Å²) in [5.74, 6) is 0. The molecule has 4 heteroatoms. The zero-order chi connectivity index (χ0) is 12.8. The summed E-state index contributed by atoms with van der Waals surface area (Å²) in [7, 11) is 0. The summed E-state index contributed by atoms with van der Waals surface area (Å²) in [6, 6.07) is 10.9. The molecule has 0 aliphatic carbocycles. The highest BCUT2D eigenvalue weighted by Gasteiger charge is 2.02. The lowest BCUT2D eigenvalue weighted by Crippen LogP contribution is -2.31. The van der Waals surface area contributed by atoms with Crippen LogP contribution in [-0.2, 0) is 13.0 Å². The number of nitrogens with one attached hydrogen (secondary N) is 1. The van der Waals surface area contributed by atoms with Crippen LogP contribution >= 0.6 is 15.9 Å². The molecule has 0 radical (unpaired) electrons. The molecule has 1 unspecified atom stereocenters. The Labute approximate surface area is 116 Å². The predicted molar refractivity (Wildman–Crippen MR) is 77.5 cm³/mol. The van der Waals surface area contributed by atoms with Gasteiger partial charge in [0.2, 0.25) is 0 Å². The Morgan fingerprint density at radius 2 is 2.11 bits per heavy atom. The van der Waals surface area contributed by atoms with Crippen LogP contribution in [0.3, 0.4) is 0 Å². The quantitative estimate of drug-likeness (QED) is 0.889. The second kappa shape index (κ2) is 6.71. The molecule has 3 nitrogen and oxygen atoms in total. The van der Waals surface area contributed by atoms with Crippen molar-refractivity contribution in [2.75, 3.05) is 6.54 Å². The SMILES string of the molecule is CC(Cc1ccc(Br)cc1)NCCn1cccn1. The van der Waals surface area contributed by atoms with E-state index in [4.69, 9.17) is 0 Å². The zero-order valence-corrected chi connectivity index (χ0v) is 12.1. The van der Waals surface area contributed by atoms with E-state index >= 15 is 0 Å². The van der Waals surface area contributed by atoms with Crippen LogP contribution < -0.4 is 5.32 Å². The fourth-order valence-corrected chi connectivity index (χ4v) is 2.17. The summed E-state index contributed by atoms with van der Waals surface area (Å²) in [6.07, 6.45) is 4.85. The van der Waals surface area contributed by atoms with Crippen LogP contribution in [0.4, 0.5) is 0 Å². The van der Waals surface area contributed by atoms with Crippen LogP contribution in [-0.4, -0.2) is 22.4 Å². The first-order chi connectivity index (χ1) is 8.74. The van der Waals surface area contributed by atoms with Gasteiger partial charge in [-0.25, -0.2) is 0 Å². The number of benzene rings is 1. The van der Waals surface area contributed by atoms with Crippen LogP contribution in [0, 0.1) is 0 Å². The normalized spacial score (nSPS) is 12.6. The van der Waals surface area contributed by atoms with Crippen molar-refractivity contribution in [3.8, 4) is 0 Å². The second-order valence-electron chi connectivity index (χ2n) is 4.45. The zero-order valence-electron chi connectivity index (χ0n) is 10.5. The fourth-order valence-electron chi connectivity index (χ4n) is 1.90. The minimum atomic E-state index is 0.474. The average molecular weight is 308 g/mol. The Hall–Kier alpha value is -1.13. The van der Waals surface area contributed by atoms with Crippen molar-refractivity contribution >= 4 is 15.9 Å². The summed E-state index contributed by atoms with van der Waals surface area (Å²) in [5, 5.41) is 7.69. The van der Waals surface area contributed by atoms with Crippen LogP contribution in [0.1, 0.15) is 12.5 Å². The average Bonchev–Trinajstić information content (AvgIpc) is 2.85. The first kappa shape index (κ1) is 13.3. The van der Waals surface area contributed by atoms with E-state index in [9.17, 15) is 0 Å². The molecule has 0 bridgehead atoms. The van der Waals surface area contributed by atoms with Gasteiger partial charge in [0.15, 0.2) is 0 Å². The van der Waals surface area contributed by atoms with Crippen molar-refractivity contribution in [2.45, 2.75) is 25.9 Å². The van der Waals surface area contributed by atoms with Gasteiger partial charge in [-0.1, -0.05) is 28.1 Å². The van der Waals surface area contributed by atoms with Gasteiger partial charge < -0.3 is 5.32 Å². The van der Waals surface area contributed by atoms with Gasteiger partial charge in [0.25, 0.3) is 0 Å². The summed E-state index contributed by atoms with van der Waals surface area (Å²) in [5.41, 5.74) is 1.36. The third-order valence-electron chi connectivity index (χ3n) is 2.85. The maximum absolute atomic E-state index is 4.18. The minimum absolute atomic E-state index is 0.474. The largest absolute Gasteiger partial charge is 0.312 e. The van der Waals surface area contributed by atoms with Crippen molar-refractivity contribution in [1.29, 1.82) is 0 Å². The summed E-state index contributed by atoms with van der Waals surface area (Å²) in [6.45, 7) is 4.07. The molecule has 18 heavy (non-hydrogen) atoms. The van der Waals surface area contributed by atoms with Crippen LogP contribution in [0.2, 0.25) is 0 Å². The van der Waals surface area contributed by atoms with Crippen molar-refractivity contribution in [3.63, 3.8) is 0 Å². The van der Waals surface area contributed by atoms with E-state index in [1.165, 1.54) is 5.56 Å². The van der Waals surface area contributed by atoms with Gasteiger partial charge in [-0.05, 0) is 37.1 Å². The van der Waals surface area contributed by atoms with E-state index < -0.39 is 0 Å². The molecule has 0 aliphatic rings. The molecule has 1 atom stereocenters. The first-order valence-corrected chi connectivity index (χ1v) is 6.98. The van der Waals surface area contributed by atoms with Crippen LogP contribution in [0.5, 0.6) is 0 Å². The highest BCUT2D eigenvalue weighted by atomic mass is 79.9. The Bertz CT molecular complexity index is 450. The predicted octanol–water partition coefficient (Wildman–Crippen LogP) is 2.87. The lowest BCUT2D eigenvalue weighted by atomic mass is 10.1. The van der Waals surface area contributed by atoms with Crippen LogP contribution in [0.15, 0.2) is 47.2 Å². The second-order valence-corrected chi connectivity index (χ2v) is 5.37. The molecule has 1 N–H and O–H groups in total. The molecular weight excluding hydrogens is 290 g/mol. The molecule has 2 aromatic rings. The Morgan fingerprint density at radius 3 is 2.78 bits per heavy atom. The Kier molecular flexibility index (Phi) is 4.96. The monoisotopic (exact) mass is 307 g/mol. The maximum Gasteiger partial charge on any atom is 0.0534 e. The molecule has 0 saturated heterocycles. The van der Waals surface area contributed by atoms with Gasteiger partial charge in [0.1, 0.15) is 0 Å². The molecule has 1 aromatic carbocycles. The van der Waals surface area contributed by atoms with Crippen LogP contribution in [0.25, 0.3) is 0 Å². The van der Waals surface area contributed by atoms with E-state index in [1.54, 1.807) is 0 Å². The molecule has 0 fully saturated rings. The molecule has 0 spiro atoms. The molecule has 96 valence electrons. The number of hydrogen-bond acceptors (Lipinski definition) is 2. The summed E-state index contributed by atoms with van der Waals surface area (Å²) >= 11 is 3.45. The van der Waals surface area contributed by atoms with Gasteiger partial charge in [-0.3, -0.25) is 4.68 Å². The maximum atomic E-state index is 4.18. The topological polar surface area (TPSA) is 29.9 Å². The van der Waals surface area contributed by atoms with E-state index in [1.807, 2.05) is 23.1 Å². The van der Waals surface area contributed by atoms with Gasteiger partial charge in [-0.15, -0.1) is 0 Å². The summed E-state index contributed by atoms with van der Waals surface area (Å²) < 4.78 is 3.07. The first-order valence-electron chi connectivity index (χ1n) is 6.19. The third kappa shape index (κ3) is 4.27. The van der Waals surface area contributed by atoms with Crippen molar-refractivity contribution in [2.24, 2.45) is 0 Å². The minimum Gasteiger partial charge on any atom is -0.312 e. The molecule has 1 aromatic heterocycles. The molecular formula is C14H18BrN3. The fraction of sp³-hybridized carbons (Fsp3) is 0.357. The molecule has 1 heterocycles. The third-order valence-corrected chi connectivity index (χ3v) is 3.38. The van der Waals surface area contributed by atoms with E-state index in [2.05, 4.69) is 57.5 Å². The van der Waals surface area contributed by atoms with Crippen molar-refractivity contribution in [3.05, 3.63) is 52.8 Å². The molecule has 0 saturated carbocycles. The lowest BCUT2D eigenvalue weighted by molar-refractivity contribution is 0.493. The Morgan fingerprint density at radius 1 is 1.33 bits per heavy atom. The van der Waals surface area contributed by atoms with Crippen molar-refractivity contribution < 1.29 is 0 Å². The lowest BCUT2D eigenvalue weighted by Gasteiger charge is -2.14. The van der Waals surface area contributed by atoms with Gasteiger partial charge >= 0.3 is 0 Å². The van der Waals surface area contributed by atoms with E-state index in [0.29, 0.717) is 6.04 Å². The van der Waals surface area contributed by atoms with Gasteiger partial charge in [0.05, 0.1) is 6.54 Å². The molecule has 2 rings (SSSR count). The number of rotatable bonds is 6. The smallest absolute Gasteiger partial charge is 0.0534 e. The number of hydrogen-bond donors (Lipinski definition) is 1. The summed E-state index contributed by atoms with van der Waals surface area (Å²) in [4.78, 5) is 0. The number of aromatic nitrogens is 2. The van der Waals surface area contributed by atoms with Gasteiger partial charge in [0, 0.05) is 29.5 Å². The molecule has 0 amide bonds. The highest BCUT2D eigenvalue weighted by Crippen LogP contribution is 2.11. The number of nitrogens with zero attached hydrogens (tertiary/aromatic N) is 2. The van der Waals surface area contributed by atoms with E-state index in [-0.39, 0.29) is 0 Å². The molecule has 0 aliphatic heterocycles. The standard InChI is InChI=1S/C14H18BrN3/c1-12(11-13-3-5-14(15)6-4-13)16-8-10-18-9-2-7-17-18/h2-7,9,12,16H,8,10-11H2,1H3. The highest BCUT2D eigenvalue weighted by molar-refractivity contribution is 9.10. The van der Waals surface area contributed by atoms with Gasteiger partial charge in [-0.2, -0.15) is 5.10 Å². The Balaban J connectivity index is 1.71. The number of halogens is 1.